The van der Waals surface area contributed by atoms with E-state index in [4.69, 9.17) is 0 Å². The molecule has 0 unspecified atom stereocenters. The van der Waals surface area contributed by atoms with Crippen LogP contribution in [-0.4, -0.2) is 38.5 Å². The van der Waals surface area contributed by atoms with E-state index in [-0.39, 0.29) is 5.91 Å². The minimum absolute atomic E-state index is 0.00734. The molecule has 0 radical (unpaired) electrons. The van der Waals surface area contributed by atoms with Crippen molar-refractivity contribution in [1.29, 1.82) is 0 Å². The first-order chi connectivity index (χ1) is 13.5. The average molecular weight is 422 g/mol. The third kappa shape index (κ3) is 5.14. The van der Waals surface area contributed by atoms with Crippen molar-refractivity contribution < 1.29 is 4.79 Å². The van der Waals surface area contributed by atoms with Crippen LogP contribution in [0.5, 0.6) is 0 Å². The van der Waals surface area contributed by atoms with Gasteiger partial charge in [0.25, 0.3) is 5.91 Å². The molecule has 0 spiro atoms. The van der Waals surface area contributed by atoms with Crippen molar-refractivity contribution in [2.75, 3.05) is 12.8 Å². The Morgan fingerprint density at radius 2 is 2.07 bits per heavy atom. The number of hydrogen-bond donors (Lipinski definition) is 1. The second-order valence-electron chi connectivity index (χ2n) is 7.89. The van der Waals surface area contributed by atoms with Crippen molar-refractivity contribution >= 4 is 29.0 Å². The van der Waals surface area contributed by atoms with Crippen molar-refractivity contribution in [3.8, 4) is 0 Å². The van der Waals surface area contributed by atoms with Gasteiger partial charge in [0.15, 0.2) is 5.16 Å². The number of carbonyl (C=O) groups excluding carboxylic acids is 1. The van der Waals surface area contributed by atoms with E-state index in [0.717, 1.165) is 45.8 Å². The third-order valence-corrected chi connectivity index (χ3v) is 6.92. The number of hydrogen-bond acceptors (Lipinski definition) is 6. The molecule has 154 valence electrons. The highest BCUT2D eigenvalue weighted by molar-refractivity contribution is 7.98. The lowest BCUT2D eigenvalue weighted by Gasteiger charge is -2.16. The minimum Gasteiger partial charge on any atom is -0.351 e. The zero-order valence-electron chi connectivity index (χ0n) is 17.3. The first kappa shape index (κ1) is 21.3. The third-order valence-electron chi connectivity index (χ3n) is 5.10. The maximum Gasteiger partial charge on any atom is 0.263 e. The van der Waals surface area contributed by atoms with Gasteiger partial charge in [-0.3, -0.25) is 4.79 Å². The molecule has 3 rings (SSSR count). The highest BCUT2D eigenvalue weighted by Crippen LogP contribution is 2.33. The fourth-order valence-corrected chi connectivity index (χ4v) is 5.54. The molecule has 0 bridgehead atoms. The molecule has 2 aromatic rings. The van der Waals surface area contributed by atoms with Crippen LogP contribution in [0.1, 0.15) is 78.2 Å². The van der Waals surface area contributed by atoms with Gasteiger partial charge in [0.1, 0.15) is 10.7 Å². The summed E-state index contributed by atoms with van der Waals surface area (Å²) in [6.45, 7) is 6.90. The summed E-state index contributed by atoms with van der Waals surface area (Å²) in [5, 5.41) is 13.9. The van der Waals surface area contributed by atoms with Crippen molar-refractivity contribution in [3.05, 3.63) is 21.4 Å². The van der Waals surface area contributed by atoms with Crippen LogP contribution < -0.4 is 5.32 Å². The fourth-order valence-electron chi connectivity index (χ4n) is 3.77. The van der Waals surface area contributed by atoms with Gasteiger partial charge in [-0.15, -0.1) is 21.5 Å². The number of nitrogens with one attached hydrogen (secondary N) is 1. The maximum atomic E-state index is 12.5. The van der Waals surface area contributed by atoms with E-state index in [1.807, 2.05) is 6.92 Å². The van der Waals surface area contributed by atoms with Crippen LogP contribution >= 0.6 is 23.1 Å². The number of thiazole rings is 1. The molecule has 0 atom stereocenters. The molecular formula is C20H31N5OS2. The van der Waals surface area contributed by atoms with Gasteiger partial charge in [-0.1, -0.05) is 38.5 Å². The summed E-state index contributed by atoms with van der Waals surface area (Å²) in [5.41, 5.74) is 0.837. The summed E-state index contributed by atoms with van der Waals surface area (Å²) < 4.78 is 2.34. The van der Waals surface area contributed by atoms with Gasteiger partial charge in [0, 0.05) is 25.4 Å². The lowest BCUT2D eigenvalue weighted by molar-refractivity contribution is 0.0956. The van der Waals surface area contributed by atoms with Gasteiger partial charge in [0.2, 0.25) is 0 Å². The number of aromatic nitrogens is 4. The van der Waals surface area contributed by atoms with Crippen LogP contribution in [0.15, 0.2) is 5.16 Å². The Balaban J connectivity index is 1.53. The molecule has 8 heteroatoms. The minimum atomic E-state index is -0.00734. The largest absolute Gasteiger partial charge is 0.351 e. The van der Waals surface area contributed by atoms with E-state index >= 15 is 0 Å². The molecule has 28 heavy (non-hydrogen) atoms. The van der Waals surface area contributed by atoms with Crippen LogP contribution in [0, 0.1) is 12.8 Å². The first-order valence-corrected chi connectivity index (χ1v) is 12.3. The van der Waals surface area contributed by atoms with Crippen LogP contribution in [0.25, 0.3) is 0 Å². The molecule has 2 aromatic heterocycles. The molecule has 0 aliphatic heterocycles. The van der Waals surface area contributed by atoms with Crippen molar-refractivity contribution in [3.63, 3.8) is 0 Å². The SMILES string of the molecule is CSc1nnc(CCCNC(=O)c2sc(CC(C)C)nc2C)n1C1CCCC1. The predicted molar refractivity (Wildman–Crippen MR) is 115 cm³/mol. The van der Waals surface area contributed by atoms with Crippen molar-refractivity contribution in [2.45, 2.75) is 76.9 Å². The second kappa shape index (κ2) is 9.87. The molecule has 6 nitrogen and oxygen atoms in total. The van der Waals surface area contributed by atoms with E-state index in [2.05, 4.69) is 45.2 Å². The van der Waals surface area contributed by atoms with Crippen molar-refractivity contribution in [2.24, 2.45) is 5.92 Å². The van der Waals surface area contributed by atoms with E-state index in [9.17, 15) is 4.79 Å². The number of carbonyl (C=O) groups is 1. The highest BCUT2D eigenvalue weighted by atomic mass is 32.2. The standard InChI is InChI=1S/C20H31N5OS2/c1-13(2)12-17-22-14(3)18(28-17)19(26)21-11-7-10-16-23-24-20(27-4)25(16)15-8-5-6-9-15/h13,15H,5-12H2,1-4H3,(H,21,26). The summed E-state index contributed by atoms with van der Waals surface area (Å²) in [7, 11) is 0. The van der Waals surface area contributed by atoms with E-state index in [0.29, 0.717) is 18.5 Å². The smallest absolute Gasteiger partial charge is 0.263 e. The molecule has 1 aliphatic carbocycles. The van der Waals surface area contributed by atoms with Gasteiger partial charge >= 0.3 is 0 Å². The molecule has 1 N–H and O–H groups in total. The Morgan fingerprint density at radius 1 is 1.32 bits per heavy atom. The molecule has 1 amide bonds. The quantitative estimate of drug-likeness (QED) is 0.479. The molecule has 0 aromatic carbocycles. The van der Waals surface area contributed by atoms with Gasteiger partial charge in [0.05, 0.1) is 10.7 Å². The maximum absolute atomic E-state index is 12.5. The Morgan fingerprint density at radius 3 is 2.75 bits per heavy atom. The first-order valence-electron chi connectivity index (χ1n) is 10.2. The molecule has 2 heterocycles. The number of aryl methyl sites for hydroxylation is 2. The average Bonchev–Trinajstić information content (AvgIpc) is 3.37. The van der Waals surface area contributed by atoms with E-state index in [1.54, 1.807) is 11.8 Å². The summed E-state index contributed by atoms with van der Waals surface area (Å²) in [6.07, 6.45) is 9.71. The zero-order valence-corrected chi connectivity index (χ0v) is 19.0. The number of amides is 1. The Hall–Kier alpha value is -1.41. The molecule has 1 aliphatic rings. The Labute approximate surface area is 175 Å². The van der Waals surface area contributed by atoms with Crippen LogP contribution in [-0.2, 0) is 12.8 Å². The summed E-state index contributed by atoms with van der Waals surface area (Å²) >= 11 is 3.19. The fraction of sp³-hybridized carbons (Fsp3) is 0.700. The Bertz CT molecular complexity index is 793. The van der Waals surface area contributed by atoms with Gasteiger partial charge in [-0.2, -0.15) is 0 Å². The van der Waals surface area contributed by atoms with Crippen molar-refractivity contribution in [1.82, 2.24) is 25.1 Å². The molecule has 0 saturated heterocycles. The van der Waals surface area contributed by atoms with Crippen LogP contribution in [0.2, 0.25) is 0 Å². The number of thioether (sulfide) groups is 1. The lowest BCUT2D eigenvalue weighted by Crippen LogP contribution is -2.25. The molecule has 1 fully saturated rings. The van der Waals surface area contributed by atoms with Crippen LogP contribution in [0.4, 0.5) is 0 Å². The predicted octanol–water partition coefficient (Wildman–Crippen LogP) is 4.44. The Kier molecular flexibility index (Phi) is 7.51. The highest BCUT2D eigenvalue weighted by Gasteiger charge is 2.23. The number of rotatable bonds is 9. The normalized spacial score (nSPS) is 14.9. The lowest BCUT2D eigenvalue weighted by atomic mass is 10.1. The molecular weight excluding hydrogens is 390 g/mol. The second-order valence-corrected chi connectivity index (χ2v) is 9.75. The van der Waals surface area contributed by atoms with E-state index in [1.165, 1.54) is 37.0 Å². The summed E-state index contributed by atoms with van der Waals surface area (Å²) in [5.74, 6) is 1.59. The topological polar surface area (TPSA) is 72.7 Å². The van der Waals surface area contributed by atoms with Crippen LogP contribution in [0.3, 0.4) is 0 Å². The summed E-state index contributed by atoms with van der Waals surface area (Å²) in [6, 6.07) is 0.543. The summed E-state index contributed by atoms with van der Waals surface area (Å²) in [4.78, 5) is 17.8. The van der Waals surface area contributed by atoms with Gasteiger partial charge in [-0.25, -0.2) is 4.98 Å². The zero-order chi connectivity index (χ0) is 20.1. The van der Waals surface area contributed by atoms with E-state index < -0.39 is 0 Å². The van der Waals surface area contributed by atoms with Gasteiger partial charge in [-0.05, 0) is 38.4 Å². The molecule has 1 saturated carbocycles. The van der Waals surface area contributed by atoms with Gasteiger partial charge < -0.3 is 9.88 Å². The number of nitrogens with zero attached hydrogens (tertiary/aromatic N) is 4. The monoisotopic (exact) mass is 421 g/mol.